The fraction of sp³-hybridized carbons (Fsp3) is 0.867. The van der Waals surface area contributed by atoms with Crippen LogP contribution in [0, 0.1) is 12.3 Å². The number of aliphatic hydroxyl groups excluding tert-OH is 1. The summed E-state index contributed by atoms with van der Waals surface area (Å²) in [6.45, 7) is 8.83. The molecule has 2 atom stereocenters. The zero-order valence-electron chi connectivity index (χ0n) is 12.2. The Morgan fingerprint density at radius 1 is 1.28 bits per heavy atom. The number of ether oxygens (including phenoxy) is 2. The molecule has 0 amide bonds. The predicted octanol–water partition coefficient (Wildman–Crippen LogP) is 2.76. The van der Waals surface area contributed by atoms with E-state index < -0.39 is 6.10 Å². The standard InChI is InChI=1S/C15H28O3/c1-6-10-18-15(5,9-4)11-13(16)12-17-14(7-2)8-3/h1,13-14,16H,7-12H2,2-5H3. The zero-order chi connectivity index (χ0) is 14.0. The van der Waals surface area contributed by atoms with Gasteiger partial charge in [0.25, 0.3) is 0 Å². The lowest BCUT2D eigenvalue weighted by atomic mass is 9.95. The lowest BCUT2D eigenvalue weighted by Gasteiger charge is -2.30. The van der Waals surface area contributed by atoms with Crippen molar-refractivity contribution < 1.29 is 14.6 Å². The van der Waals surface area contributed by atoms with E-state index in [1.54, 1.807) is 0 Å². The van der Waals surface area contributed by atoms with Gasteiger partial charge >= 0.3 is 0 Å². The molecule has 18 heavy (non-hydrogen) atoms. The summed E-state index contributed by atoms with van der Waals surface area (Å²) in [7, 11) is 0. The van der Waals surface area contributed by atoms with Gasteiger partial charge in [-0.25, -0.2) is 0 Å². The van der Waals surface area contributed by atoms with Crippen LogP contribution < -0.4 is 0 Å². The van der Waals surface area contributed by atoms with Gasteiger partial charge in [-0.05, 0) is 26.2 Å². The molecular formula is C15H28O3. The Labute approximate surface area is 112 Å². The third kappa shape index (κ3) is 7.00. The van der Waals surface area contributed by atoms with Crippen molar-refractivity contribution in [3.63, 3.8) is 0 Å². The number of terminal acetylenes is 1. The summed E-state index contributed by atoms with van der Waals surface area (Å²) in [6.07, 6.45) is 8.23. The van der Waals surface area contributed by atoms with Crippen LogP contribution in [0.5, 0.6) is 0 Å². The topological polar surface area (TPSA) is 38.7 Å². The number of hydrogen-bond donors (Lipinski definition) is 1. The highest BCUT2D eigenvalue weighted by Crippen LogP contribution is 2.22. The van der Waals surface area contributed by atoms with Crippen LogP contribution in [0.4, 0.5) is 0 Å². The molecule has 0 aromatic rings. The molecule has 0 saturated heterocycles. The molecular weight excluding hydrogens is 228 g/mol. The third-order valence-electron chi connectivity index (χ3n) is 3.35. The number of hydrogen-bond acceptors (Lipinski definition) is 3. The molecule has 0 rings (SSSR count). The summed E-state index contributed by atoms with van der Waals surface area (Å²) in [4.78, 5) is 0. The minimum absolute atomic E-state index is 0.235. The van der Waals surface area contributed by atoms with Gasteiger partial charge in [0.2, 0.25) is 0 Å². The van der Waals surface area contributed by atoms with E-state index in [1.807, 2.05) is 13.8 Å². The lowest BCUT2D eigenvalue weighted by Crippen LogP contribution is -2.35. The van der Waals surface area contributed by atoms with Crippen LogP contribution in [-0.4, -0.2) is 36.1 Å². The van der Waals surface area contributed by atoms with Crippen LogP contribution in [0.3, 0.4) is 0 Å². The molecule has 106 valence electrons. The van der Waals surface area contributed by atoms with Crippen LogP contribution >= 0.6 is 0 Å². The third-order valence-corrected chi connectivity index (χ3v) is 3.35. The van der Waals surface area contributed by atoms with E-state index >= 15 is 0 Å². The summed E-state index contributed by atoms with van der Waals surface area (Å²) in [5, 5.41) is 10.00. The summed E-state index contributed by atoms with van der Waals surface area (Å²) < 4.78 is 11.3. The first-order valence-electron chi connectivity index (χ1n) is 6.88. The van der Waals surface area contributed by atoms with Crippen molar-refractivity contribution in [1.82, 2.24) is 0 Å². The molecule has 0 heterocycles. The minimum Gasteiger partial charge on any atom is -0.391 e. The van der Waals surface area contributed by atoms with Crippen LogP contribution in [0.2, 0.25) is 0 Å². The summed E-state index contributed by atoms with van der Waals surface area (Å²) in [5.74, 6) is 2.46. The monoisotopic (exact) mass is 256 g/mol. The van der Waals surface area contributed by atoms with Crippen LogP contribution in [0.25, 0.3) is 0 Å². The molecule has 0 aliphatic carbocycles. The smallest absolute Gasteiger partial charge is 0.108 e. The van der Waals surface area contributed by atoms with E-state index in [1.165, 1.54) is 0 Å². The van der Waals surface area contributed by atoms with Gasteiger partial charge in [-0.15, -0.1) is 6.42 Å². The Hall–Kier alpha value is -0.560. The minimum atomic E-state index is -0.506. The van der Waals surface area contributed by atoms with Gasteiger partial charge in [0.05, 0.1) is 24.4 Å². The molecule has 0 aromatic heterocycles. The summed E-state index contributed by atoms with van der Waals surface area (Å²) in [6, 6.07) is 0. The van der Waals surface area contributed by atoms with Crippen molar-refractivity contribution in [3.05, 3.63) is 0 Å². The second-order valence-electron chi connectivity index (χ2n) is 4.93. The van der Waals surface area contributed by atoms with Crippen LogP contribution in [0.15, 0.2) is 0 Å². The Bertz CT molecular complexity index is 243. The molecule has 0 bridgehead atoms. The second kappa shape index (κ2) is 9.38. The molecule has 0 aromatic carbocycles. The Morgan fingerprint density at radius 3 is 2.33 bits per heavy atom. The van der Waals surface area contributed by atoms with E-state index in [0.29, 0.717) is 13.0 Å². The Morgan fingerprint density at radius 2 is 1.89 bits per heavy atom. The van der Waals surface area contributed by atoms with Crippen molar-refractivity contribution in [3.8, 4) is 12.3 Å². The van der Waals surface area contributed by atoms with Crippen LogP contribution in [-0.2, 0) is 9.47 Å². The maximum absolute atomic E-state index is 10.00. The normalized spacial score (nSPS) is 16.3. The van der Waals surface area contributed by atoms with Crippen molar-refractivity contribution in [2.75, 3.05) is 13.2 Å². The molecule has 0 aliphatic rings. The van der Waals surface area contributed by atoms with Crippen molar-refractivity contribution in [1.29, 1.82) is 0 Å². The molecule has 0 fully saturated rings. The van der Waals surface area contributed by atoms with Crippen molar-refractivity contribution in [2.24, 2.45) is 0 Å². The van der Waals surface area contributed by atoms with Gasteiger partial charge in [-0.2, -0.15) is 0 Å². The van der Waals surface area contributed by atoms with E-state index in [4.69, 9.17) is 15.9 Å². The van der Waals surface area contributed by atoms with E-state index in [0.717, 1.165) is 19.3 Å². The van der Waals surface area contributed by atoms with Gasteiger partial charge in [-0.1, -0.05) is 26.7 Å². The SMILES string of the molecule is C#CCOC(C)(CC)CC(O)COC(CC)CC. The quantitative estimate of drug-likeness (QED) is 0.611. The molecule has 0 aliphatic heterocycles. The molecule has 3 nitrogen and oxygen atoms in total. The summed E-state index contributed by atoms with van der Waals surface area (Å²) >= 11 is 0. The largest absolute Gasteiger partial charge is 0.391 e. The first-order chi connectivity index (χ1) is 8.51. The molecule has 1 N–H and O–H groups in total. The predicted molar refractivity (Wildman–Crippen MR) is 74.4 cm³/mol. The van der Waals surface area contributed by atoms with E-state index in [9.17, 15) is 5.11 Å². The van der Waals surface area contributed by atoms with Gasteiger partial charge in [0, 0.05) is 6.42 Å². The molecule has 3 heteroatoms. The van der Waals surface area contributed by atoms with Crippen LogP contribution in [0.1, 0.15) is 53.4 Å². The Balaban J connectivity index is 4.10. The Kier molecular flexibility index (Phi) is 9.09. The fourth-order valence-corrected chi connectivity index (χ4v) is 1.85. The zero-order valence-corrected chi connectivity index (χ0v) is 12.2. The highest BCUT2D eigenvalue weighted by atomic mass is 16.5. The fourth-order valence-electron chi connectivity index (χ4n) is 1.85. The number of rotatable bonds is 10. The average molecular weight is 256 g/mol. The van der Waals surface area contributed by atoms with Gasteiger partial charge in [0.15, 0.2) is 0 Å². The first-order valence-corrected chi connectivity index (χ1v) is 6.88. The van der Waals surface area contributed by atoms with Crippen molar-refractivity contribution >= 4 is 0 Å². The summed E-state index contributed by atoms with van der Waals surface area (Å²) in [5.41, 5.74) is -0.372. The second-order valence-corrected chi connectivity index (χ2v) is 4.93. The maximum atomic E-state index is 10.00. The molecule has 2 unspecified atom stereocenters. The molecule has 0 saturated carbocycles. The maximum Gasteiger partial charge on any atom is 0.108 e. The van der Waals surface area contributed by atoms with E-state index in [-0.39, 0.29) is 18.3 Å². The molecule has 0 spiro atoms. The van der Waals surface area contributed by atoms with Gasteiger partial charge < -0.3 is 14.6 Å². The van der Waals surface area contributed by atoms with Crippen molar-refractivity contribution in [2.45, 2.75) is 71.2 Å². The molecule has 0 radical (unpaired) electrons. The number of aliphatic hydroxyl groups is 1. The first kappa shape index (κ1) is 17.4. The van der Waals surface area contributed by atoms with Gasteiger partial charge in [0.1, 0.15) is 6.61 Å². The average Bonchev–Trinajstić information content (AvgIpc) is 2.37. The van der Waals surface area contributed by atoms with E-state index in [2.05, 4.69) is 19.8 Å². The highest BCUT2D eigenvalue weighted by Gasteiger charge is 2.26. The van der Waals surface area contributed by atoms with Gasteiger partial charge in [-0.3, -0.25) is 0 Å². The lowest BCUT2D eigenvalue weighted by molar-refractivity contribution is -0.0773. The highest BCUT2D eigenvalue weighted by molar-refractivity contribution is 4.86.